The Labute approximate surface area is 283 Å². The number of hydrogen-bond donors (Lipinski definition) is 0. The number of thiophene rings is 1. The van der Waals surface area contributed by atoms with Crippen molar-refractivity contribution in [3.05, 3.63) is 125 Å². The molecule has 0 saturated heterocycles. The molecule has 2 aliphatic heterocycles. The van der Waals surface area contributed by atoms with Gasteiger partial charge >= 0.3 is 0 Å². The Morgan fingerprint density at radius 2 is 1.13 bits per heavy atom. The fourth-order valence-electron chi connectivity index (χ4n) is 8.89. The van der Waals surface area contributed by atoms with Gasteiger partial charge in [0, 0.05) is 37.6 Å². The molecule has 47 heavy (non-hydrogen) atoms. The lowest BCUT2D eigenvalue weighted by Crippen LogP contribution is -2.61. The van der Waals surface area contributed by atoms with Gasteiger partial charge in [-0.3, -0.25) is 0 Å². The van der Waals surface area contributed by atoms with Crippen LogP contribution in [0.15, 0.2) is 97.1 Å². The number of benzene rings is 5. The predicted octanol–water partition coefficient (Wildman–Crippen LogP) is 10.3. The van der Waals surface area contributed by atoms with Gasteiger partial charge in [-0.05, 0) is 114 Å². The quantitative estimate of drug-likeness (QED) is 0.176. The average Bonchev–Trinajstić information content (AvgIpc) is 3.43. The molecular formula is C43H41BN2S. The Hall–Kier alpha value is -4.28. The highest BCUT2D eigenvalue weighted by Gasteiger charge is 2.47. The first-order chi connectivity index (χ1) is 22.6. The predicted molar refractivity (Wildman–Crippen MR) is 205 cm³/mol. The number of rotatable bonds is 2. The zero-order valence-corrected chi connectivity index (χ0v) is 29.3. The second-order valence-corrected chi connectivity index (χ2v) is 16.5. The summed E-state index contributed by atoms with van der Waals surface area (Å²) in [4.78, 5) is 5.21. The minimum atomic E-state index is 0.116. The van der Waals surface area contributed by atoms with Crippen molar-refractivity contribution in [2.45, 2.75) is 72.1 Å². The first-order valence-electron chi connectivity index (χ1n) is 17.1. The van der Waals surface area contributed by atoms with Crippen LogP contribution < -0.4 is 25.5 Å². The van der Waals surface area contributed by atoms with E-state index in [0.717, 1.165) is 0 Å². The summed E-state index contributed by atoms with van der Waals surface area (Å²) in [5, 5.41) is 1.34. The smallest absolute Gasteiger partial charge is 0.264 e. The number of anilines is 6. The summed E-state index contributed by atoms with van der Waals surface area (Å²) < 4.78 is 2.80. The summed E-state index contributed by atoms with van der Waals surface area (Å²) in [7, 11) is 0. The maximum atomic E-state index is 2.65. The van der Waals surface area contributed by atoms with E-state index in [1.807, 2.05) is 11.3 Å². The lowest BCUT2D eigenvalue weighted by molar-refractivity contribution is 0.332. The summed E-state index contributed by atoms with van der Waals surface area (Å²) in [6.45, 7) is 16.8. The van der Waals surface area contributed by atoms with E-state index >= 15 is 0 Å². The van der Waals surface area contributed by atoms with E-state index in [0.29, 0.717) is 0 Å². The van der Waals surface area contributed by atoms with Gasteiger partial charge < -0.3 is 9.80 Å². The summed E-state index contributed by atoms with van der Waals surface area (Å²) in [6.07, 6.45) is 2.40. The Bertz CT molecular complexity index is 2250. The SMILES string of the molecule is Cc1ccccc1N1c2cccc3c2B(c2cc4c(cc2N3c2c(C)cccc2C)C(C)(C)CCC4(C)C)c2sc3ccccc3c21. The molecule has 9 rings (SSSR count). The van der Waals surface area contributed by atoms with Crippen molar-refractivity contribution in [2.24, 2.45) is 0 Å². The molecular weight excluding hydrogens is 587 g/mol. The molecule has 0 bridgehead atoms. The fraction of sp³-hybridized carbons (Fsp3) is 0.256. The molecule has 6 aromatic rings. The molecule has 1 aliphatic carbocycles. The Morgan fingerprint density at radius 3 is 1.83 bits per heavy atom. The van der Waals surface area contributed by atoms with Crippen LogP contribution in [0.3, 0.4) is 0 Å². The van der Waals surface area contributed by atoms with Crippen molar-refractivity contribution in [2.75, 3.05) is 9.80 Å². The molecule has 4 heteroatoms. The van der Waals surface area contributed by atoms with Gasteiger partial charge in [0.2, 0.25) is 0 Å². The maximum absolute atomic E-state index is 2.65. The second kappa shape index (κ2) is 9.87. The third kappa shape index (κ3) is 3.97. The summed E-state index contributed by atoms with van der Waals surface area (Å²) in [5.41, 5.74) is 17.8. The van der Waals surface area contributed by atoms with E-state index in [-0.39, 0.29) is 17.5 Å². The first-order valence-corrected chi connectivity index (χ1v) is 17.9. The van der Waals surface area contributed by atoms with E-state index in [1.54, 1.807) is 0 Å². The van der Waals surface area contributed by atoms with Gasteiger partial charge in [0.1, 0.15) is 0 Å². The third-order valence-electron chi connectivity index (χ3n) is 11.5. The van der Waals surface area contributed by atoms with Gasteiger partial charge in [-0.1, -0.05) is 94.4 Å². The number of nitrogens with zero attached hydrogens (tertiary/aromatic N) is 2. The monoisotopic (exact) mass is 628 g/mol. The highest BCUT2D eigenvalue weighted by Crippen LogP contribution is 2.52. The van der Waals surface area contributed by atoms with Gasteiger partial charge in [0.25, 0.3) is 6.71 Å². The average molecular weight is 629 g/mol. The highest BCUT2D eigenvalue weighted by molar-refractivity contribution is 7.33. The lowest BCUT2D eigenvalue weighted by Gasteiger charge is -2.47. The molecule has 1 aromatic heterocycles. The molecule has 0 N–H and O–H groups in total. The molecule has 2 nitrogen and oxygen atoms in total. The largest absolute Gasteiger partial charge is 0.311 e. The Morgan fingerprint density at radius 1 is 0.574 bits per heavy atom. The van der Waals surface area contributed by atoms with E-state index in [4.69, 9.17) is 0 Å². The van der Waals surface area contributed by atoms with Crippen LogP contribution in [0.5, 0.6) is 0 Å². The molecule has 0 fully saturated rings. The Kier molecular flexibility index (Phi) is 6.07. The minimum Gasteiger partial charge on any atom is -0.311 e. The van der Waals surface area contributed by atoms with E-state index < -0.39 is 0 Å². The van der Waals surface area contributed by atoms with Crippen molar-refractivity contribution in [1.29, 1.82) is 0 Å². The van der Waals surface area contributed by atoms with Crippen LogP contribution in [0.1, 0.15) is 68.4 Å². The van der Waals surface area contributed by atoms with Gasteiger partial charge in [0.15, 0.2) is 0 Å². The van der Waals surface area contributed by atoms with E-state index in [2.05, 4.69) is 155 Å². The summed E-state index contributed by atoms with van der Waals surface area (Å²) in [5.74, 6) is 0. The molecule has 0 amide bonds. The lowest BCUT2D eigenvalue weighted by atomic mass is 9.35. The molecule has 0 atom stereocenters. The normalized spacial score (nSPS) is 16.9. The van der Waals surface area contributed by atoms with Crippen molar-refractivity contribution in [3.8, 4) is 0 Å². The van der Waals surface area contributed by atoms with Crippen molar-refractivity contribution >= 4 is 78.0 Å². The molecule has 0 radical (unpaired) electrons. The Balaban J connectivity index is 1.45. The zero-order valence-electron chi connectivity index (χ0n) is 28.5. The number of aryl methyl sites for hydroxylation is 3. The van der Waals surface area contributed by atoms with Crippen LogP contribution in [0, 0.1) is 20.8 Å². The second-order valence-electron chi connectivity index (χ2n) is 15.4. The van der Waals surface area contributed by atoms with Gasteiger partial charge in [-0.15, -0.1) is 11.3 Å². The van der Waals surface area contributed by atoms with Crippen molar-refractivity contribution in [1.82, 2.24) is 0 Å². The molecule has 0 spiro atoms. The van der Waals surface area contributed by atoms with E-state index in [1.165, 1.54) is 101 Å². The topological polar surface area (TPSA) is 6.48 Å². The van der Waals surface area contributed by atoms with Crippen molar-refractivity contribution in [3.63, 3.8) is 0 Å². The zero-order chi connectivity index (χ0) is 32.4. The standard InChI is InChI=1S/C43H41BN2S/c1-26-14-8-10-18-33(26)45-34-19-13-20-35-38(34)44(41-40(45)29-17-9-11-21-37(29)47-41)32-24-30-31(43(6,7)23-22-42(30,4)5)25-36(32)46(35)39-27(2)15-12-16-28(39)3/h8-21,24-25H,22-23H2,1-7H3. The number of fused-ring (bicyclic) bond motifs is 7. The van der Waals surface area contributed by atoms with Crippen LogP contribution in [-0.2, 0) is 10.8 Å². The number of para-hydroxylation sites is 2. The third-order valence-corrected chi connectivity index (χ3v) is 12.7. The molecule has 3 heterocycles. The number of hydrogen-bond acceptors (Lipinski definition) is 3. The molecule has 3 aliphatic rings. The first kappa shape index (κ1) is 28.9. The summed E-state index contributed by atoms with van der Waals surface area (Å²) in [6, 6.07) is 37.0. The fourth-order valence-corrected chi connectivity index (χ4v) is 10.2. The van der Waals surface area contributed by atoms with Crippen LogP contribution >= 0.6 is 11.3 Å². The van der Waals surface area contributed by atoms with Gasteiger partial charge in [0.05, 0.1) is 11.4 Å². The van der Waals surface area contributed by atoms with Crippen LogP contribution in [-0.4, -0.2) is 6.71 Å². The maximum Gasteiger partial charge on any atom is 0.264 e. The highest BCUT2D eigenvalue weighted by atomic mass is 32.1. The van der Waals surface area contributed by atoms with Gasteiger partial charge in [-0.2, -0.15) is 0 Å². The molecule has 232 valence electrons. The van der Waals surface area contributed by atoms with Gasteiger partial charge in [-0.25, -0.2) is 0 Å². The van der Waals surface area contributed by atoms with Crippen LogP contribution in [0.4, 0.5) is 34.1 Å². The minimum absolute atomic E-state index is 0.116. The molecule has 0 saturated carbocycles. The molecule has 0 unspecified atom stereocenters. The van der Waals surface area contributed by atoms with Crippen LogP contribution in [0.25, 0.3) is 10.1 Å². The summed E-state index contributed by atoms with van der Waals surface area (Å²) >= 11 is 1.99. The van der Waals surface area contributed by atoms with Crippen molar-refractivity contribution < 1.29 is 0 Å². The molecule has 5 aromatic carbocycles. The van der Waals surface area contributed by atoms with E-state index in [9.17, 15) is 0 Å². The van der Waals surface area contributed by atoms with Crippen LogP contribution in [0.2, 0.25) is 0 Å².